The first kappa shape index (κ1) is 17.3. The van der Waals surface area contributed by atoms with Crippen LogP contribution in [0.5, 0.6) is 0 Å². The van der Waals surface area contributed by atoms with E-state index in [2.05, 4.69) is 10.6 Å². The summed E-state index contributed by atoms with van der Waals surface area (Å²) in [5.74, 6) is -1.20. The lowest BCUT2D eigenvalue weighted by Crippen LogP contribution is -2.45. The number of carbonyl (C=O) groups excluding carboxylic acids is 2. The van der Waals surface area contributed by atoms with Gasteiger partial charge in [-0.3, -0.25) is 9.59 Å². The fourth-order valence-corrected chi connectivity index (χ4v) is 2.34. The SMILES string of the molecule is CCN[C@H](CN)C(=O)Nc1ccc(N2CCOCC2=O)c(F)c1. The summed E-state index contributed by atoms with van der Waals surface area (Å²) >= 11 is 0. The molecule has 126 valence electrons. The van der Waals surface area contributed by atoms with Crippen molar-refractivity contribution in [1.82, 2.24) is 5.32 Å². The highest BCUT2D eigenvalue weighted by atomic mass is 19.1. The molecule has 0 radical (unpaired) electrons. The third kappa shape index (κ3) is 4.25. The summed E-state index contributed by atoms with van der Waals surface area (Å²) in [6, 6.07) is 3.68. The number of likely N-dealkylation sites (N-methyl/N-ethyl adjacent to an activating group) is 1. The van der Waals surface area contributed by atoms with Crippen molar-refractivity contribution < 1.29 is 18.7 Å². The molecule has 23 heavy (non-hydrogen) atoms. The number of benzene rings is 1. The van der Waals surface area contributed by atoms with Crippen molar-refractivity contribution >= 4 is 23.2 Å². The average Bonchev–Trinajstić information content (AvgIpc) is 2.53. The number of morpholine rings is 1. The van der Waals surface area contributed by atoms with E-state index in [-0.39, 0.29) is 30.7 Å². The third-order valence-electron chi connectivity index (χ3n) is 3.49. The lowest BCUT2D eigenvalue weighted by Gasteiger charge is -2.27. The van der Waals surface area contributed by atoms with Crippen molar-refractivity contribution in [2.45, 2.75) is 13.0 Å². The van der Waals surface area contributed by atoms with Crippen LogP contribution in [0.3, 0.4) is 0 Å². The summed E-state index contributed by atoms with van der Waals surface area (Å²) in [4.78, 5) is 25.1. The van der Waals surface area contributed by atoms with Gasteiger partial charge in [0.2, 0.25) is 5.91 Å². The minimum absolute atomic E-state index is 0.0568. The number of hydrogen-bond donors (Lipinski definition) is 3. The van der Waals surface area contributed by atoms with Crippen LogP contribution < -0.4 is 21.3 Å². The monoisotopic (exact) mass is 324 g/mol. The molecule has 0 aromatic heterocycles. The second-order valence-corrected chi connectivity index (χ2v) is 5.10. The van der Waals surface area contributed by atoms with E-state index in [0.29, 0.717) is 25.4 Å². The van der Waals surface area contributed by atoms with Crippen molar-refractivity contribution in [2.24, 2.45) is 5.73 Å². The van der Waals surface area contributed by atoms with Crippen LogP contribution in [-0.2, 0) is 14.3 Å². The van der Waals surface area contributed by atoms with Gasteiger partial charge >= 0.3 is 0 Å². The first-order chi connectivity index (χ1) is 11.1. The van der Waals surface area contributed by atoms with E-state index in [1.807, 2.05) is 6.92 Å². The molecule has 2 amide bonds. The number of rotatable bonds is 6. The van der Waals surface area contributed by atoms with Crippen LogP contribution >= 0.6 is 0 Å². The second kappa shape index (κ2) is 8.00. The van der Waals surface area contributed by atoms with E-state index in [1.54, 1.807) is 6.07 Å². The third-order valence-corrected chi connectivity index (χ3v) is 3.49. The molecule has 1 atom stereocenters. The van der Waals surface area contributed by atoms with Gasteiger partial charge in [-0.25, -0.2) is 4.39 Å². The van der Waals surface area contributed by atoms with E-state index in [0.717, 1.165) is 0 Å². The van der Waals surface area contributed by atoms with E-state index in [4.69, 9.17) is 10.5 Å². The first-order valence-electron chi connectivity index (χ1n) is 7.48. The maximum absolute atomic E-state index is 14.3. The maximum Gasteiger partial charge on any atom is 0.253 e. The lowest BCUT2D eigenvalue weighted by molar-refractivity contribution is -0.125. The maximum atomic E-state index is 14.3. The Morgan fingerprint density at radius 3 is 2.91 bits per heavy atom. The molecule has 4 N–H and O–H groups in total. The molecule has 2 rings (SSSR count). The highest BCUT2D eigenvalue weighted by Gasteiger charge is 2.23. The largest absolute Gasteiger partial charge is 0.370 e. The summed E-state index contributed by atoms with van der Waals surface area (Å²) in [5.41, 5.74) is 6.02. The molecule has 1 aliphatic rings. The Morgan fingerprint density at radius 1 is 1.52 bits per heavy atom. The highest BCUT2D eigenvalue weighted by Crippen LogP contribution is 2.24. The van der Waals surface area contributed by atoms with Gasteiger partial charge in [-0.2, -0.15) is 0 Å². The lowest BCUT2D eigenvalue weighted by atomic mass is 10.2. The molecule has 8 heteroatoms. The molecule has 1 fully saturated rings. The molecular weight excluding hydrogens is 303 g/mol. The second-order valence-electron chi connectivity index (χ2n) is 5.10. The van der Waals surface area contributed by atoms with Gasteiger partial charge in [0.1, 0.15) is 12.4 Å². The normalized spacial score (nSPS) is 16.3. The number of anilines is 2. The standard InChI is InChI=1S/C15H21FN4O3/c1-2-18-12(8-17)15(22)19-10-3-4-13(11(16)7-10)20-5-6-23-9-14(20)21/h3-4,7,12,18H,2,5-6,8-9,17H2,1H3,(H,19,22)/t12-/m1/s1. The van der Waals surface area contributed by atoms with Gasteiger partial charge in [0.15, 0.2) is 0 Å². The summed E-state index contributed by atoms with van der Waals surface area (Å²) in [5, 5.41) is 5.55. The summed E-state index contributed by atoms with van der Waals surface area (Å²) < 4.78 is 19.3. The number of nitrogens with one attached hydrogen (secondary N) is 2. The predicted molar refractivity (Wildman–Crippen MR) is 84.7 cm³/mol. The Morgan fingerprint density at radius 2 is 2.30 bits per heavy atom. The zero-order valence-electron chi connectivity index (χ0n) is 13.0. The van der Waals surface area contributed by atoms with Crippen LogP contribution in [0, 0.1) is 5.82 Å². The molecule has 1 aromatic rings. The Kier molecular flexibility index (Phi) is 6.03. The number of hydrogen-bond acceptors (Lipinski definition) is 5. The van der Waals surface area contributed by atoms with Gasteiger partial charge in [-0.05, 0) is 24.7 Å². The molecule has 1 aliphatic heterocycles. The van der Waals surface area contributed by atoms with Crippen LogP contribution in [0.2, 0.25) is 0 Å². The number of halogens is 1. The van der Waals surface area contributed by atoms with Gasteiger partial charge in [0.25, 0.3) is 5.91 Å². The Bertz CT molecular complexity index is 582. The van der Waals surface area contributed by atoms with Crippen molar-refractivity contribution in [1.29, 1.82) is 0 Å². The number of carbonyl (C=O) groups is 2. The molecule has 0 spiro atoms. The van der Waals surface area contributed by atoms with E-state index in [9.17, 15) is 14.0 Å². The van der Waals surface area contributed by atoms with Gasteiger partial charge in [0, 0.05) is 18.8 Å². The number of ether oxygens (including phenoxy) is 1. The summed E-state index contributed by atoms with van der Waals surface area (Å²) in [6.07, 6.45) is 0. The Hall–Kier alpha value is -2.03. The quantitative estimate of drug-likeness (QED) is 0.688. The first-order valence-corrected chi connectivity index (χ1v) is 7.48. The van der Waals surface area contributed by atoms with Crippen molar-refractivity contribution in [2.75, 3.05) is 43.1 Å². The van der Waals surface area contributed by atoms with Crippen LogP contribution in [0.1, 0.15) is 6.92 Å². The minimum atomic E-state index is -0.578. The predicted octanol–water partition coefficient (Wildman–Crippen LogP) is 0.0642. The van der Waals surface area contributed by atoms with Crippen LogP contribution in [0.4, 0.5) is 15.8 Å². The van der Waals surface area contributed by atoms with Crippen LogP contribution in [0.15, 0.2) is 18.2 Å². The molecule has 0 bridgehead atoms. The van der Waals surface area contributed by atoms with Gasteiger partial charge in [0.05, 0.1) is 18.3 Å². The summed E-state index contributed by atoms with van der Waals surface area (Å²) in [7, 11) is 0. The molecule has 1 aromatic carbocycles. The molecule has 7 nitrogen and oxygen atoms in total. The molecule has 0 saturated carbocycles. The zero-order chi connectivity index (χ0) is 16.8. The van der Waals surface area contributed by atoms with E-state index in [1.165, 1.54) is 17.0 Å². The van der Waals surface area contributed by atoms with Crippen molar-refractivity contribution in [3.8, 4) is 0 Å². The van der Waals surface area contributed by atoms with Crippen LogP contribution in [0.25, 0.3) is 0 Å². The fraction of sp³-hybridized carbons (Fsp3) is 0.467. The van der Waals surface area contributed by atoms with E-state index < -0.39 is 11.9 Å². The Labute approximate surface area is 134 Å². The highest BCUT2D eigenvalue weighted by molar-refractivity contribution is 5.97. The number of nitrogens with zero attached hydrogens (tertiary/aromatic N) is 1. The molecule has 1 heterocycles. The number of nitrogens with two attached hydrogens (primary N) is 1. The Balaban J connectivity index is 2.09. The average molecular weight is 324 g/mol. The minimum Gasteiger partial charge on any atom is -0.370 e. The number of amides is 2. The molecule has 1 saturated heterocycles. The van der Waals surface area contributed by atoms with Gasteiger partial charge in [-0.15, -0.1) is 0 Å². The van der Waals surface area contributed by atoms with Crippen LogP contribution in [-0.4, -0.2) is 50.7 Å². The van der Waals surface area contributed by atoms with E-state index >= 15 is 0 Å². The summed E-state index contributed by atoms with van der Waals surface area (Å²) in [6.45, 7) is 3.22. The van der Waals surface area contributed by atoms with Gasteiger partial charge < -0.3 is 26.0 Å². The topological polar surface area (TPSA) is 96.7 Å². The molecule has 0 unspecified atom stereocenters. The molecule has 0 aliphatic carbocycles. The smallest absolute Gasteiger partial charge is 0.253 e. The molecular formula is C15H21FN4O3. The van der Waals surface area contributed by atoms with Gasteiger partial charge in [-0.1, -0.05) is 6.92 Å². The zero-order valence-corrected chi connectivity index (χ0v) is 13.0. The van der Waals surface area contributed by atoms with Crippen molar-refractivity contribution in [3.63, 3.8) is 0 Å². The van der Waals surface area contributed by atoms with Crippen molar-refractivity contribution in [3.05, 3.63) is 24.0 Å². The fourth-order valence-electron chi connectivity index (χ4n) is 2.34.